The van der Waals surface area contributed by atoms with E-state index < -0.39 is 6.16 Å². The number of hydrogen-bond donors (Lipinski definition) is 1. The first-order valence-corrected chi connectivity index (χ1v) is 10.8. The minimum Gasteiger partial charge on any atom is -0.434 e. The van der Waals surface area contributed by atoms with Gasteiger partial charge in [-0.25, -0.2) is 4.79 Å². The fraction of sp³-hybridized carbons (Fsp3) is 0.952. The summed E-state index contributed by atoms with van der Waals surface area (Å²) < 4.78 is 10.5. The highest BCUT2D eigenvalue weighted by atomic mass is 16.7. The molecule has 0 amide bonds. The van der Waals surface area contributed by atoms with Gasteiger partial charge in [0.05, 0.1) is 6.61 Å². The number of aliphatic hydroxyl groups excluding tert-OH is 1. The molecule has 0 heterocycles. The van der Waals surface area contributed by atoms with Gasteiger partial charge in [-0.2, -0.15) is 0 Å². The molecule has 156 valence electrons. The Morgan fingerprint density at radius 2 is 1.50 bits per heavy atom. The van der Waals surface area contributed by atoms with Gasteiger partial charge in [-0.05, 0) is 32.4 Å². The predicted molar refractivity (Wildman–Crippen MR) is 108 cm³/mol. The number of ether oxygens (including phenoxy) is 2. The molecule has 0 saturated heterocycles. The molecule has 5 heteroatoms. The lowest BCUT2D eigenvalue weighted by molar-refractivity contribution is 0.0104. The molecule has 5 nitrogen and oxygen atoms in total. The second-order valence-corrected chi connectivity index (χ2v) is 6.99. The van der Waals surface area contributed by atoms with Crippen molar-refractivity contribution in [3.8, 4) is 0 Å². The number of nitrogens with zero attached hydrogens (tertiary/aromatic N) is 1. The van der Waals surface area contributed by atoms with Crippen molar-refractivity contribution < 1.29 is 19.4 Å². The number of hydrogen-bond acceptors (Lipinski definition) is 5. The Morgan fingerprint density at radius 3 is 2.08 bits per heavy atom. The van der Waals surface area contributed by atoms with E-state index in [0.29, 0.717) is 13.0 Å². The van der Waals surface area contributed by atoms with Gasteiger partial charge in [0.15, 0.2) is 0 Å². The van der Waals surface area contributed by atoms with Crippen molar-refractivity contribution in [1.29, 1.82) is 0 Å². The van der Waals surface area contributed by atoms with Crippen LogP contribution in [-0.2, 0) is 9.47 Å². The summed E-state index contributed by atoms with van der Waals surface area (Å²) in [4.78, 5) is 14.1. The van der Waals surface area contributed by atoms with Crippen molar-refractivity contribution in [1.82, 2.24) is 4.90 Å². The molecule has 1 atom stereocenters. The number of carbonyl (C=O) groups excluding carboxylic acids is 1. The highest BCUT2D eigenvalue weighted by molar-refractivity contribution is 5.60. The van der Waals surface area contributed by atoms with Crippen molar-refractivity contribution in [3.63, 3.8) is 0 Å². The summed E-state index contributed by atoms with van der Waals surface area (Å²) in [6, 6.07) is 0. The average Bonchev–Trinajstić information content (AvgIpc) is 2.64. The zero-order valence-corrected chi connectivity index (χ0v) is 17.5. The fourth-order valence-corrected chi connectivity index (χ4v) is 3.07. The second-order valence-electron chi connectivity index (χ2n) is 6.99. The lowest BCUT2D eigenvalue weighted by atomic mass is 10.0. The molecule has 0 aromatic heterocycles. The van der Waals surface area contributed by atoms with Crippen LogP contribution in [0.2, 0.25) is 0 Å². The van der Waals surface area contributed by atoms with Crippen LogP contribution in [0.5, 0.6) is 0 Å². The van der Waals surface area contributed by atoms with Crippen molar-refractivity contribution >= 4 is 6.16 Å². The Hall–Kier alpha value is -0.810. The number of rotatable bonds is 18. The standard InChI is InChI=1S/C21H43NO4/c1-4-7-8-9-10-11-12-13-15-20(16-18-23)26-21(24)25-19-14-17-22(5-2)6-3/h20,23H,4-19H2,1-3H3/t20-/m0/s1. The third-order valence-corrected chi connectivity index (χ3v) is 4.83. The van der Waals surface area contributed by atoms with E-state index in [9.17, 15) is 4.79 Å². The van der Waals surface area contributed by atoms with Gasteiger partial charge in [0.2, 0.25) is 0 Å². The molecule has 0 aliphatic carbocycles. The smallest absolute Gasteiger partial charge is 0.434 e. The van der Waals surface area contributed by atoms with E-state index in [0.717, 1.165) is 45.3 Å². The van der Waals surface area contributed by atoms with Gasteiger partial charge in [0.1, 0.15) is 6.10 Å². The Morgan fingerprint density at radius 1 is 0.885 bits per heavy atom. The topological polar surface area (TPSA) is 59.0 Å². The number of unbranched alkanes of at least 4 members (excludes halogenated alkanes) is 7. The van der Waals surface area contributed by atoms with Crippen molar-refractivity contribution in [3.05, 3.63) is 0 Å². The van der Waals surface area contributed by atoms with Gasteiger partial charge in [0, 0.05) is 19.6 Å². The van der Waals surface area contributed by atoms with Crippen molar-refractivity contribution in [2.75, 3.05) is 32.8 Å². The van der Waals surface area contributed by atoms with E-state index in [1.165, 1.54) is 38.5 Å². The van der Waals surface area contributed by atoms with E-state index in [4.69, 9.17) is 14.6 Å². The summed E-state index contributed by atoms with van der Waals surface area (Å²) >= 11 is 0. The van der Waals surface area contributed by atoms with E-state index in [1.54, 1.807) is 0 Å². The van der Waals surface area contributed by atoms with Crippen LogP contribution >= 0.6 is 0 Å². The Balaban J connectivity index is 3.77. The van der Waals surface area contributed by atoms with Gasteiger partial charge in [0.25, 0.3) is 0 Å². The van der Waals surface area contributed by atoms with Gasteiger partial charge in [-0.3, -0.25) is 0 Å². The fourth-order valence-electron chi connectivity index (χ4n) is 3.07. The van der Waals surface area contributed by atoms with Crippen LogP contribution in [-0.4, -0.2) is 55.1 Å². The molecule has 0 fully saturated rings. The van der Waals surface area contributed by atoms with Crippen LogP contribution in [0.4, 0.5) is 4.79 Å². The molecule has 0 spiro atoms. The lowest BCUT2D eigenvalue weighted by Gasteiger charge is -2.18. The molecule has 0 aromatic carbocycles. The van der Waals surface area contributed by atoms with E-state index >= 15 is 0 Å². The summed E-state index contributed by atoms with van der Waals surface area (Å²) in [6.07, 6.45) is 11.3. The first-order chi connectivity index (χ1) is 12.7. The zero-order valence-electron chi connectivity index (χ0n) is 17.5. The van der Waals surface area contributed by atoms with Crippen molar-refractivity contribution in [2.24, 2.45) is 0 Å². The van der Waals surface area contributed by atoms with Gasteiger partial charge >= 0.3 is 6.16 Å². The van der Waals surface area contributed by atoms with Crippen LogP contribution in [0.15, 0.2) is 0 Å². The summed E-state index contributed by atoms with van der Waals surface area (Å²) in [5.41, 5.74) is 0. The highest BCUT2D eigenvalue weighted by Gasteiger charge is 2.15. The monoisotopic (exact) mass is 373 g/mol. The lowest BCUT2D eigenvalue weighted by Crippen LogP contribution is -2.26. The van der Waals surface area contributed by atoms with Gasteiger partial charge < -0.3 is 19.5 Å². The highest BCUT2D eigenvalue weighted by Crippen LogP contribution is 2.14. The van der Waals surface area contributed by atoms with Crippen LogP contribution < -0.4 is 0 Å². The first-order valence-electron chi connectivity index (χ1n) is 10.8. The second kappa shape index (κ2) is 19.0. The van der Waals surface area contributed by atoms with Crippen LogP contribution in [0.3, 0.4) is 0 Å². The minimum atomic E-state index is -0.595. The third kappa shape index (κ3) is 15.4. The maximum atomic E-state index is 11.8. The third-order valence-electron chi connectivity index (χ3n) is 4.83. The number of carbonyl (C=O) groups is 1. The number of aliphatic hydroxyl groups is 1. The minimum absolute atomic E-state index is 0.0386. The summed E-state index contributed by atoms with van der Waals surface area (Å²) in [5, 5.41) is 9.16. The molecular weight excluding hydrogens is 330 g/mol. The Kier molecular flexibility index (Phi) is 18.4. The van der Waals surface area contributed by atoms with Gasteiger partial charge in [-0.15, -0.1) is 0 Å². The molecule has 0 saturated carbocycles. The zero-order chi connectivity index (χ0) is 19.5. The quantitative estimate of drug-likeness (QED) is 0.266. The van der Waals surface area contributed by atoms with E-state index in [2.05, 4.69) is 25.7 Å². The van der Waals surface area contributed by atoms with Crippen LogP contribution in [0.25, 0.3) is 0 Å². The van der Waals surface area contributed by atoms with E-state index in [1.807, 2.05) is 0 Å². The van der Waals surface area contributed by atoms with Crippen LogP contribution in [0.1, 0.15) is 91.4 Å². The maximum Gasteiger partial charge on any atom is 0.508 e. The molecule has 26 heavy (non-hydrogen) atoms. The SMILES string of the molecule is CCCCCCCCCC[C@@H](CCO)OC(=O)OCCCN(CC)CC. The Labute approximate surface area is 161 Å². The van der Waals surface area contributed by atoms with Gasteiger partial charge in [-0.1, -0.05) is 65.7 Å². The summed E-state index contributed by atoms with van der Waals surface area (Å²) in [6.45, 7) is 9.87. The molecule has 0 aliphatic heterocycles. The molecule has 0 bridgehead atoms. The summed E-state index contributed by atoms with van der Waals surface area (Å²) in [7, 11) is 0. The van der Waals surface area contributed by atoms with Crippen molar-refractivity contribution in [2.45, 2.75) is 97.5 Å². The molecule has 0 aromatic rings. The molecule has 0 unspecified atom stereocenters. The van der Waals surface area contributed by atoms with E-state index in [-0.39, 0.29) is 12.7 Å². The normalized spacial score (nSPS) is 12.3. The molecular formula is C21H43NO4. The van der Waals surface area contributed by atoms with Crippen LogP contribution in [0, 0.1) is 0 Å². The predicted octanol–water partition coefficient (Wildman–Crippen LogP) is 5.15. The maximum absolute atomic E-state index is 11.8. The average molecular weight is 374 g/mol. The first kappa shape index (κ1) is 25.2. The molecule has 1 N–H and O–H groups in total. The largest absolute Gasteiger partial charge is 0.508 e. The molecule has 0 rings (SSSR count). The molecule has 0 radical (unpaired) electrons. The Bertz CT molecular complexity index is 308. The molecule has 0 aliphatic rings. The summed E-state index contributed by atoms with van der Waals surface area (Å²) in [5.74, 6) is 0.